The van der Waals surface area contributed by atoms with Crippen molar-refractivity contribution in [2.45, 2.75) is 12.8 Å². The van der Waals surface area contributed by atoms with Crippen LogP contribution in [-0.4, -0.2) is 5.24 Å². The third-order valence-electron chi connectivity index (χ3n) is 1.72. The highest BCUT2D eigenvalue weighted by Crippen LogP contribution is 2.10. The molecular formula is C10H8ClNO. The average Bonchev–Trinajstić information content (AvgIpc) is 2.08. The van der Waals surface area contributed by atoms with Crippen LogP contribution in [0.4, 0.5) is 0 Å². The molecule has 2 nitrogen and oxygen atoms in total. The second kappa shape index (κ2) is 4.64. The van der Waals surface area contributed by atoms with E-state index in [1.165, 1.54) is 0 Å². The first-order valence-corrected chi connectivity index (χ1v) is 4.24. The fraction of sp³-hybridized carbons (Fsp3) is 0.200. The van der Waals surface area contributed by atoms with Gasteiger partial charge in [-0.3, -0.25) is 4.79 Å². The summed E-state index contributed by atoms with van der Waals surface area (Å²) in [4.78, 5) is 10.7. The van der Waals surface area contributed by atoms with Crippen LogP contribution in [0.2, 0.25) is 0 Å². The van der Waals surface area contributed by atoms with Gasteiger partial charge in [0.2, 0.25) is 5.24 Å². The summed E-state index contributed by atoms with van der Waals surface area (Å²) in [7, 11) is 0. The Morgan fingerprint density at radius 3 is 2.54 bits per heavy atom. The predicted octanol–water partition coefficient (Wildman–Crippen LogP) is 2.06. The lowest BCUT2D eigenvalue weighted by atomic mass is 10.0. The quantitative estimate of drug-likeness (QED) is 0.690. The number of carbonyl (C=O) groups excluding carboxylic acids is 1. The van der Waals surface area contributed by atoms with Crippen LogP contribution in [0.25, 0.3) is 0 Å². The monoisotopic (exact) mass is 193 g/mol. The minimum Gasteiger partial charge on any atom is -0.281 e. The SMILES string of the molecule is N#CCc1ccccc1CC(=O)Cl. The predicted molar refractivity (Wildman–Crippen MR) is 50.3 cm³/mol. The molecule has 0 radical (unpaired) electrons. The number of nitriles is 1. The number of hydrogen-bond donors (Lipinski definition) is 0. The third kappa shape index (κ3) is 2.89. The van der Waals surface area contributed by atoms with Crippen LogP contribution in [0.15, 0.2) is 24.3 Å². The topological polar surface area (TPSA) is 40.9 Å². The highest BCUT2D eigenvalue weighted by atomic mass is 35.5. The van der Waals surface area contributed by atoms with E-state index in [1.807, 2.05) is 30.3 Å². The van der Waals surface area contributed by atoms with Gasteiger partial charge < -0.3 is 0 Å². The van der Waals surface area contributed by atoms with Gasteiger partial charge in [0.05, 0.1) is 12.5 Å². The second-order valence-corrected chi connectivity index (χ2v) is 3.06. The fourth-order valence-electron chi connectivity index (χ4n) is 1.14. The molecule has 0 heterocycles. The molecule has 0 aliphatic rings. The van der Waals surface area contributed by atoms with Crippen LogP contribution in [0.3, 0.4) is 0 Å². The molecule has 0 N–H and O–H groups in total. The van der Waals surface area contributed by atoms with Crippen molar-refractivity contribution in [2.24, 2.45) is 0 Å². The van der Waals surface area contributed by atoms with Gasteiger partial charge in [-0.05, 0) is 22.7 Å². The maximum absolute atomic E-state index is 10.7. The summed E-state index contributed by atoms with van der Waals surface area (Å²) < 4.78 is 0. The lowest BCUT2D eigenvalue weighted by molar-refractivity contribution is -0.111. The number of nitrogens with zero attached hydrogens (tertiary/aromatic N) is 1. The molecule has 0 aliphatic heterocycles. The van der Waals surface area contributed by atoms with E-state index in [-0.39, 0.29) is 6.42 Å². The Bertz CT molecular complexity index is 354. The zero-order valence-corrected chi connectivity index (χ0v) is 7.71. The number of carbonyl (C=O) groups is 1. The van der Waals surface area contributed by atoms with Crippen LogP contribution in [0.5, 0.6) is 0 Å². The molecular weight excluding hydrogens is 186 g/mol. The first-order chi connectivity index (χ1) is 6.24. The van der Waals surface area contributed by atoms with E-state index < -0.39 is 5.24 Å². The molecule has 0 atom stereocenters. The summed E-state index contributed by atoms with van der Waals surface area (Å²) in [6.45, 7) is 0. The number of rotatable bonds is 3. The summed E-state index contributed by atoms with van der Waals surface area (Å²) >= 11 is 5.26. The molecule has 0 saturated heterocycles. The fourth-order valence-corrected chi connectivity index (χ4v) is 1.28. The standard InChI is InChI=1S/C10H8ClNO/c11-10(13)7-9-4-2-1-3-8(9)5-6-12/h1-4H,5,7H2. The van der Waals surface area contributed by atoms with E-state index in [9.17, 15) is 4.79 Å². The smallest absolute Gasteiger partial charge is 0.226 e. The van der Waals surface area contributed by atoms with Gasteiger partial charge in [0.1, 0.15) is 0 Å². The van der Waals surface area contributed by atoms with E-state index in [0.717, 1.165) is 11.1 Å². The molecule has 0 aliphatic carbocycles. The van der Waals surface area contributed by atoms with Crippen molar-refractivity contribution in [3.63, 3.8) is 0 Å². The molecule has 66 valence electrons. The Balaban J connectivity index is 2.92. The van der Waals surface area contributed by atoms with Gasteiger partial charge >= 0.3 is 0 Å². The van der Waals surface area contributed by atoms with Crippen LogP contribution in [0.1, 0.15) is 11.1 Å². The van der Waals surface area contributed by atoms with Crippen molar-refractivity contribution in [1.29, 1.82) is 5.26 Å². The van der Waals surface area contributed by atoms with E-state index in [1.54, 1.807) is 0 Å². The number of hydrogen-bond acceptors (Lipinski definition) is 2. The molecule has 0 unspecified atom stereocenters. The van der Waals surface area contributed by atoms with Gasteiger partial charge in [0.25, 0.3) is 0 Å². The van der Waals surface area contributed by atoms with Gasteiger partial charge in [-0.15, -0.1) is 0 Å². The van der Waals surface area contributed by atoms with Gasteiger partial charge in [0, 0.05) is 6.42 Å². The van der Waals surface area contributed by atoms with Crippen molar-refractivity contribution in [3.05, 3.63) is 35.4 Å². The van der Waals surface area contributed by atoms with Gasteiger partial charge in [0.15, 0.2) is 0 Å². The van der Waals surface area contributed by atoms with E-state index in [4.69, 9.17) is 16.9 Å². The lowest BCUT2D eigenvalue weighted by Gasteiger charge is -2.02. The van der Waals surface area contributed by atoms with Crippen molar-refractivity contribution in [1.82, 2.24) is 0 Å². The van der Waals surface area contributed by atoms with Crippen LogP contribution >= 0.6 is 11.6 Å². The van der Waals surface area contributed by atoms with Gasteiger partial charge in [-0.25, -0.2) is 0 Å². The first kappa shape index (κ1) is 9.76. The minimum absolute atomic E-state index is 0.194. The normalized spacial score (nSPS) is 9.23. The van der Waals surface area contributed by atoms with Crippen molar-refractivity contribution < 1.29 is 4.79 Å². The average molecular weight is 194 g/mol. The zero-order valence-electron chi connectivity index (χ0n) is 6.96. The molecule has 1 aromatic rings. The molecule has 0 saturated carbocycles. The molecule has 13 heavy (non-hydrogen) atoms. The van der Waals surface area contributed by atoms with Crippen molar-refractivity contribution in [2.75, 3.05) is 0 Å². The van der Waals surface area contributed by atoms with Crippen LogP contribution in [0, 0.1) is 11.3 Å². The molecule has 1 aromatic carbocycles. The summed E-state index contributed by atoms with van der Waals surface area (Å²) in [6, 6.07) is 9.36. The largest absolute Gasteiger partial charge is 0.281 e. The Kier molecular flexibility index (Phi) is 3.48. The molecule has 0 fully saturated rings. The number of halogens is 1. The number of benzene rings is 1. The molecule has 0 bridgehead atoms. The Morgan fingerprint density at radius 2 is 2.00 bits per heavy atom. The third-order valence-corrected chi connectivity index (χ3v) is 1.85. The Hall–Kier alpha value is -1.33. The van der Waals surface area contributed by atoms with Gasteiger partial charge in [-0.1, -0.05) is 24.3 Å². The van der Waals surface area contributed by atoms with Crippen molar-refractivity contribution in [3.8, 4) is 6.07 Å². The summed E-state index contributed by atoms with van der Waals surface area (Å²) in [5, 5.41) is 8.11. The van der Waals surface area contributed by atoms with Crippen LogP contribution in [-0.2, 0) is 17.6 Å². The Labute approximate surface area is 81.7 Å². The molecule has 0 spiro atoms. The molecule has 0 aromatic heterocycles. The van der Waals surface area contributed by atoms with E-state index >= 15 is 0 Å². The van der Waals surface area contributed by atoms with Crippen molar-refractivity contribution >= 4 is 16.8 Å². The summed E-state index contributed by atoms with van der Waals surface area (Å²) in [6.07, 6.45) is 0.514. The lowest BCUT2D eigenvalue weighted by Crippen LogP contribution is -1.98. The first-order valence-electron chi connectivity index (χ1n) is 3.86. The van der Waals surface area contributed by atoms with Crippen LogP contribution < -0.4 is 0 Å². The Morgan fingerprint density at radius 1 is 1.38 bits per heavy atom. The molecule has 0 amide bonds. The molecule has 3 heteroatoms. The molecule has 1 rings (SSSR count). The summed E-state index contributed by atoms with van der Waals surface area (Å²) in [5.74, 6) is 0. The summed E-state index contributed by atoms with van der Waals surface area (Å²) in [5.41, 5.74) is 1.71. The highest BCUT2D eigenvalue weighted by molar-refractivity contribution is 6.63. The maximum Gasteiger partial charge on any atom is 0.226 e. The van der Waals surface area contributed by atoms with Gasteiger partial charge in [-0.2, -0.15) is 5.26 Å². The second-order valence-electron chi connectivity index (χ2n) is 2.64. The van der Waals surface area contributed by atoms with E-state index in [0.29, 0.717) is 6.42 Å². The highest BCUT2D eigenvalue weighted by Gasteiger charge is 2.04. The van der Waals surface area contributed by atoms with E-state index in [2.05, 4.69) is 0 Å². The maximum atomic E-state index is 10.7. The minimum atomic E-state index is -0.398. The zero-order chi connectivity index (χ0) is 9.68.